The lowest BCUT2D eigenvalue weighted by atomic mass is 10.0. The summed E-state index contributed by atoms with van der Waals surface area (Å²) < 4.78 is 40.4. The Labute approximate surface area is 199 Å². The third-order valence-corrected chi connectivity index (χ3v) is 5.17. The molecular weight excluding hydrogens is 456 g/mol. The van der Waals surface area contributed by atoms with E-state index >= 15 is 0 Å². The molecule has 4 aromatic rings. The number of carboxylic acid groups (broad SMARTS) is 1. The summed E-state index contributed by atoms with van der Waals surface area (Å²) in [5.41, 5.74) is 13.4. The molecular formula is C26H21F2N3O4. The van der Waals surface area contributed by atoms with Gasteiger partial charge in [-0.25, -0.2) is 4.79 Å². The van der Waals surface area contributed by atoms with Crippen LogP contribution in [0.3, 0.4) is 0 Å². The second-order valence-electron chi connectivity index (χ2n) is 7.70. The summed E-state index contributed by atoms with van der Waals surface area (Å²) in [6, 6.07) is 18.6. The summed E-state index contributed by atoms with van der Waals surface area (Å²) in [5, 5.41) is 9.39. The Balaban J connectivity index is 1.70. The normalized spacial score (nSPS) is 10.7. The van der Waals surface area contributed by atoms with Crippen LogP contribution in [-0.4, -0.2) is 16.1 Å². The van der Waals surface area contributed by atoms with Crippen molar-refractivity contribution in [3.63, 3.8) is 0 Å². The molecule has 1 heterocycles. The molecule has 35 heavy (non-hydrogen) atoms. The number of hydrogen-bond acceptors (Lipinski definition) is 6. The number of aryl methyl sites for hydroxylation is 1. The van der Waals surface area contributed by atoms with E-state index in [1.807, 2.05) is 30.3 Å². The van der Waals surface area contributed by atoms with Gasteiger partial charge in [0.25, 0.3) is 11.8 Å². The summed E-state index contributed by atoms with van der Waals surface area (Å²) in [6.45, 7) is 2.08. The summed E-state index contributed by atoms with van der Waals surface area (Å²) >= 11 is 0. The molecule has 0 aliphatic rings. The number of halogens is 2. The molecule has 0 fully saturated rings. The van der Waals surface area contributed by atoms with Gasteiger partial charge in [0.1, 0.15) is 22.7 Å². The van der Waals surface area contributed by atoms with Gasteiger partial charge in [-0.05, 0) is 59.5 Å². The molecule has 5 N–H and O–H groups in total. The number of aromatic carboxylic acids is 1. The topological polar surface area (TPSA) is 121 Å². The Morgan fingerprint density at radius 2 is 1.60 bits per heavy atom. The standard InChI is InChI=1S/C26H21F2N3O4/c1-14-8-9-19(26(32)33)20(10-14)35-25-22(28)23(30)21(27)24(31-25)34-18-7-3-6-17(12-18)16-5-2-4-15(11-16)13-29/h2-12H,13,29H2,1H3,(H2,30,31)(H,32,33). The summed E-state index contributed by atoms with van der Waals surface area (Å²) in [7, 11) is 0. The summed E-state index contributed by atoms with van der Waals surface area (Å²) in [4.78, 5) is 15.3. The van der Waals surface area contributed by atoms with E-state index < -0.39 is 35.1 Å². The van der Waals surface area contributed by atoms with Crippen molar-refractivity contribution in [3.8, 4) is 34.4 Å². The molecule has 0 aliphatic heterocycles. The Morgan fingerprint density at radius 1 is 0.943 bits per heavy atom. The van der Waals surface area contributed by atoms with Crippen LogP contribution in [0.4, 0.5) is 14.5 Å². The van der Waals surface area contributed by atoms with Gasteiger partial charge in [0.05, 0.1) is 0 Å². The molecule has 0 saturated carbocycles. The lowest BCUT2D eigenvalue weighted by molar-refractivity contribution is 0.0694. The van der Waals surface area contributed by atoms with Crippen LogP contribution in [0.5, 0.6) is 23.3 Å². The Bertz CT molecular complexity index is 1430. The van der Waals surface area contributed by atoms with Crippen molar-refractivity contribution >= 4 is 11.7 Å². The third-order valence-electron chi connectivity index (χ3n) is 5.17. The first-order valence-corrected chi connectivity index (χ1v) is 10.5. The largest absolute Gasteiger partial charge is 0.478 e. The number of nitrogens with zero attached hydrogens (tertiary/aromatic N) is 1. The van der Waals surface area contributed by atoms with Crippen molar-refractivity contribution < 1.29 is 28.2 Å². The van der Waals surface area contributed by atoms with Crippen molar-refractivity contribution in [1.29, 1.82) is 0 Å². The van der Waals surface area contributed by atoms with E-state index in [-0.39, 0.29) is 17.1 Å². The molecule has 0 saturated heterocycles. The molecule has 0 aliphatic carbocycles. The van der Waals surface area contributed by atoms with Gasteiger partial charge in [0, 0.05) is 6.54 Å². The van der Waals surface area contributed by atoms with Crippen molar-refractivity contribution in [2.45, 2.75) is 13.5 Å². The maximum Gasteiger partial charge on any atom is 0.339 e. The SMILES string of the molecule is Cc1ccc(C(=O)O)c(Oc2nc(Oc3cccc(-c4cccc(CN)c4)c3)c(F)c(N)c2F)c1. The highest BCUT2D eigenvalue weighted by Crippen LogP contribution is 2.36. The number of aromatic nitrogens is 1. The number of ether oxygens (including phenoxy) is 2. The first-order chi connectivity index (χ1) is 16.8. The van der Waals surface area contributed by atoms with Crippen LogP contribution in [0.25, 0.3) is 11.1 Å². The van der Waals surface area contributed by atoms with E-state index in [1.165, 1.54) is 12.1 Å². The van der Waals surface area contributed by atoms with Crippen LogP contribution in [0.2, 0.25) is 0 Å². The van der Waals surface area contributed by atoms with Crippen LogP contribution in [0.15, 0.2) is 66.7 Å². The van der Waals surface area contributed by atoms with E-state index in [0.29, 0.717) is 12.1 Å². The zero-order valence-electron chi connectivity index (χ0n) is 18.6. The van der Waals surface area contributed by atoms with Crippen molar-refractivity contribution in [2.24, 2.45) is 5.73 Å². The Hall–Kier alpha value is -4.50. The van der Waals surface area contributed by atoms with E-state index in [1.54, 1.807) is 31.2 Å². The second kappa shape index (κ2) is 9.78. The predicted octanol–water partition coefficient (Wildman–Crippen LogP) is 5.66. The van der Waals surface area contributed by atoms with Gasteiger partial charge in [0.15, 0.2) is 0 Å². The minimum Gasteiger partial charge on any atom is -0.478 e. The van der Waals surface area contributed by atoms with Gasteiger partial charge in [-0.2, -0.15) is 13.8 Å². The summed E-state index contributed by atoms with van der Waals surface area (Å²) in [6.07, 6.45) is 0. The first-order valence-electron chi connectivity index (χ1n) is 10.5. The maximum atomic E-state index is 14.7. The average molecular weight is 477 g/mol. The average Bonchev–Trinajstić information content (AvgIpc) is 2.85. The molecule has 178 valence electrons. The lowest BCUT2D eigenvalue weighted by Crippen LogP contribution is -2.06. The minimum absolute atomic E-state index is 0.178. The fourth-order valence-corrected chi connectivity index (χ4v) is 3.38. The van der Waals surface area contributed by atoms with Gasteiger partial charge in [0.2, 0.25) is 11.6 Å². The van der Waals surface area contributed by atoms with Crippen molar-refractivity contribution in [2.75, 3.05) is 5.73 Å². The number of nitrogens with two attached hydrogens (primary N) is 2. The number of hydrogen-bond donors (Lipinski definition) is 3. The van der Waals surface area contributed by atoms with Crippen molar-refractivity contribution in [3.05, 3.63) is 95.1 Å². The van der Waals surface area contributed by atoms with Crippen LogP contribution < -0.4 is 20.9 Å². The zero-order valence-corrected chi connectivity index (χ0v) is 18.6. The van der Waals surface area contributed by atoms with E-state index in [4.69, 9.17) is 20.9 Å². The predicted molar refractivity (Wildman–Crippen MR) is 127 cm³/mol. The van der Waals surface area contributed by atoms with E-state index in [9.17, 15) is 18.7 Å². The first kappa shape index (κ1) is 23.7. The molecule has 1 aromatic heterocycles. The van der Waals surface area contributed by atoms with Crippen molar-refractivity contribution in [1.82, 2.24) is 4.98 Å². The maximum absolute atomic E-state index is 14.7. The zero-order chi connectivity index (χ0) is 25.1. The highest BCUT2D eigenvalue weighted by atomic mass is 19.1. The second-order valence-corrected chi connectivity index (χ2v) is 7.70. The number of rotatable bonds is 7. The number of anilines is 1. The fraction of sp³-hybridized carbons (Fsp3) is 0.0769. The minimum atomic E-state index is -1.29. The third kappa shape index (κ3) is 5.04. The number of carbonyl (C=O) groups is 1. The van der Waals surface area contributed by atoms with Gasteiger partial charge in [-0.15, -0.1) is 0 Å². The number of pyridine rings is 1. The molecule has 7 nitrogen and oxygen atoms in total. The van der Waals surface area contributed by atoms with Gasteiger partial charge < -0.3 is 26.0 Å². The van der Waals surface area contributed by atoms with E-state index in [0.717, 1.165) is 16.7 Å². The Kier molecular flexibility index (Phi) is 6.61. The molecule has 4 rings (SSSR count). The molecule has 0 spiro atoms. The summed E-state index contributed by atoms with van der Waals surface area (Å²) in [5.74, 6) is -5.10. The quantitative estimate of drug-likeness (QED) is 0.314. The van der Waals surface area contributed by atoms with E-state index in [2.05, 4.69) is 4.98 Å². The lowest BCUT2D eigenvalue weighted by Gasteiger charge is -2.14. The molecule has 0 atom stereocenters. The molecule has 0 amide bonds. The molecule has 3 aromatic carbocycles. The van der Waals surface area contributed by atoms with Crippen LogP contribution in [0, 0.1) is 18.6 Å². The van der Waals surface area contributed by atoms with Gasteiger partial charge >= 0.3 is 5.97 Å². The number of benzene rings is 3. The van der Waals surface area contributed by atoms with Gasteiger partial charge in [-0.1, -0.05) is 36.4 Å². The fourth-order valence-electron chi connectivity index (χ4n) is 3.38. The number of nitrogen functional groups attached to an aromatic ring is 1. The van der Waals surface area contributed by atoms with Crippen LogP contribution >= 0.6 is 0 Å². The molecule has 0 bridgehead atoms. The Morgan fingerprint density at radius 3 is 2.29 bits per heavy atom. The molecule has 0 unspecified atom stereocenters. The van der Waals surface area contributed by atoms with Crippen LogP contribution in [-0.2, 0) is 6.54 Å². The molecule has 9 heteroatoms. The monoisotopic (exact) mass is 477 g/mol. The highest BCUT2D eigenvalue weighted by molar-refractivity contribution is 5.91. The molecule has 0 radical (unpaired) electrons. The number of carboxylic acids is 1. The van der Waals surface area contributed by atoms with Crippen LogP contribution in [0.1, 0.15) is 21.5 Å². The highest BCUT2D eigenvalue weighted by Gasteiger charge is 2.23. The van der Waals surface area contributed by atoms with Gasteiger partial charge in [-0.3, -0.25) is 0 Å². The smallest absolute Gasteiger partial charge is 0.339 e.